The lowest BCUT2D eigenvalue weighted by molar-refractivity contribution is 0.0958. The number of nitrogens with two attached hydrogens (primary N) is 1. The Balaban J connectivity index is 2.36. The SMILES string of the molecule is CCCNC(=O)c1sc(NC2CCC2)c(S(C)(=O)=O)c1N. The third-order valence-corrected chi connectivity index (χ3v) is 5.88. The zero-order chi connectivity index (χ0) is 15.6. The van der Waals surface area contributed by atoms with Gasteiger partial charge in [-0.05, 0) is 25.7 Å². The minimum Gasteiger partial charge on any atom is -0.396 e. The zero-order valence-corrected chi connectivity index (χ0v) is 13.9. The van der Waals surface area contributed by atoms with Gasteiger partial charge >= 0.3 is 0 Å². The van der Waals surface area contributed by atoms with E-state index in [4.69, 9.17) is 5.73 Å². The number of thiophene rings is 1. The summed E-state index contributed by atoms with van der Waals surface area (Å²) in [4.78, 5) is 12.4. The van der Waals surface area contributed by atoms with E-state index in [1.807, 2.05) is 6.92 Å². The maximum absolute atomic E-state index is 12.1. The molecule has 1 saturated carbocycles. The molecule has 0 aliphatic heterocycles. The lowest BCUT2D eigenvalue weighted by Crippen LogP contribution is -2.27. The Morgan fingerprint density at radius 3 is 2.57 bits per heavy atom. The zero-order valence-electron chi connectivity index (χ0n) is 12.2. The van der Waals surface area contributed by atoms with Gasteiger partial charge in [0.05, 0.1) is 5.69 Å². The first-order valence-electron chi connectivity index (χ1n) is 7.01. The monoisotopic (exact) mass is 331 g/mol. The van der Waals surface area contributed by atoms with Crippen LogP contribution in [0.25, 0.3) is 0 Å². The Morgan fingerprint density at radius 1 is 1.43 bits per heavy atom. The van der Waals surface area contributed by atoms with Crippen molar-refractivity contribution in [1.29, 1.82) is 0 Å². The third-order valence-electron chi connectivity index (χ3n) is 3.45. The van der Waals surface area contributed by atoms with Crippen molar-refractivity contribution in [2.45, 2.75) is 43.5 Å². The molecule has 1 aliphatic carbocycles. The molecule has 0 spiro atoms. The van der Waals surface area contributed by atoms with Crippen molar-refractivity contribution in [2.75, 3.05) is 23.9 Å². The van der Waals surface area contributed by atoms with Gasteiger partial charge in [0.2, 0.25) is 0 Å². The number of nitrogens with one attached hydrogen (secondary N) is 2. The number of carbonyl (C=O) groups excluding carboxylic acids is 1. The molecule has 0 radical (unpaired) electrons. The predicted molar refractivity (Wildman–Crippen MR) is 85.7 cm³/mol. The number of hydrogen-bond acceptors (Lipinski definition) is 6. The fourth-order valence-corrected chi connectivity index (χ4v) is 4.67. The summed E-state index contributed by atoms with van der Waals surface area (Å²) in [5.74, 6) is -0.314. The molecule has 4 N–H and O–H groups in total. The molecule has 0 aromatic carbocycles. The highest BCUT2D eigenvalue weighted by atomic mass is 32.2. The van der Waals surface area contributed by atoms with Gasteiger partial charge in [-0.2, -0.15) is 0 Å². The highest BCUT2D eigenvalue weighted by Crippen LogP contribution is 2.40. The Bertz CT molecular complexity index is 633. The van der Waals surface area contributed by atoms with Crippen LogP contribution in [0.15, 0.2) is 4.90 Å². The van der Waals surface area contributed by atoms with Crippen LogP contribution in [-0.4, -0.2) is 33.2 Å². The first kappa shape index (κ1) is 16.1. The molecule has 21 heavy (non-hydrogen) atoms. The number of amides is 1. The van der Waals surface area contributed by atoms with E-state index in [-0.39, 0.29) is 27.4 Å². The molecule has 8 heteroatoms. The molecule has 1 aliphatic rings. The summed E-state index contributed by atoms with van der Waals surface area (Å²) in [6, 6.07) is 0.273. The van der Waals surface area contributed by atoms with Gasteiger partial charge < -0.3 is 16.4 Å². The molecule has 6 nitrogen and oxygen atoms in total. The van der Waals surface area contributed by atoms with Crippen molar-refractivity contribution in [2.24, 2.45) is 0 Å². The molecule has 118 valence electrons. The van der Waals surface area contributed by atoms with Crippen molar-refractivity contribution in [3.63, 3.8) is 0 Å². The van der Waals surface area contributed by atoms with Gasteiger partial charge in [0, 0.05) is 18.8 Å². The average Bonchev–Trinajstić information content (AvgIpc) is 2.67. The van der Waals surface area contributed by atoms with Gasteiger partial charge in [-0.3, -0.25) is 4.79 Å². The van der Waals surface area contributed by atoms with Gasteiger partial charge in [0.25, 0.3) is 5.91 Å². The van der Waals surface area contributed by atoms with Crippen LogP contribution < -0.4 is 16.4 Å². The standard InChI is InChI=1S/C13H21N3O3S2/c1-3-7-15-12(17)10-9(14)11(21(2,18)19)13(20-10)16-8-5-4-6-8/h8,16H,3-7,14H2,1-2H3,(H,15,17). The minimum absolute atomic E-state index is 0.0536. The fourth-order valence-electron chi connectivity index (χ4n) is 2.12. The first-order valence-corrected chi connectivity index (χ1v) is 9.72. The molecule has 1 heterocycles. The van der Waals surface area contributed by atoms with E-state index in [1.165, 1.54) is 0 Å². The quantitative estimate of drug-likeness (QED) is 0.738. The van der Waals surface area contributed by atoms with Crippen LogP contribution in [0.2, 0.25) is 0 Å². The van der Waals surface area contributed by atoms with Gasteiger partial charge in [0.15, 0.2) is 9.84 Å². The van der Waals surface area contributed by atoms with E-state index in [1.54, 1.807) is 0 Å². The molecule has 0 unspecified atom stereocenters. The second-order valence-corrected chi connectivity index (χ2v) is 8.28. The van der Waals surface area contributed by atoms with E-state index < -0.39 is 9.84 Å². The lowest BCUT2D eigenvalue weighted by Gasteiger charge is -2.27. The van der Waals surface area contributed by atoms with Gasteiger partial charge in [-0.25, -0.2) is 8.42 Å². The van der Waals surface area contributed by atoms with Gasteiger partial charge in [0.1, 0.15) is 14.8 Å². The topological polar surface area (TPSA) is 101 Å². The van der Waals surface area contributed by atoms with Crippen LogP contribution in [-0.2, 0) is 9.84 Å². The summed E-state index contributed by atoms with van der Waals surface area (Å²) in [7, 11) is -3.48. The van der Waals surface area contributed by atoms with E-state index >= 15 is 0 Å². The van der Waals surface area contributed by atoms with Crippen molar-refractivity contribution in [3.8, 4) is 0 Å². The number of rotatable bonds is 6. The number of nitrogen functional groups attached to an aromatic ring is 1. The summed E-state index contributed by atoms with van der Waals surface area (Å²) in [6.45, 7) is 2.49. The van der Waals surface area contributed by atoms with Crippen LogP contribution >= 0.6 is 11.3 Å². The van der Waals surface area contributed by atoms with E-state index in [0.29, 0.717) is 11.5 Å². The molecule has 2 rings (SSSR count). The van der Waals surface area contributed by atoms with E-state index in [2.05, 4.69) is 10.6 Å². The summed E-state index contributed by atoms with van der Waals surface area (Å²) >= 11 is 1.12. The molecule has 0 bridgehead atoms. The summed E-state index contributed by atoms with van der Waals surface area (Å²) in [5, 5.41) is 6.42. The highest BCUT2D eigenvalue weighted by Gasteiger charge is 2.29. The Labute approximate surface area is 129 Å². The minimum atomic E-state index is -3.48. The van der Waals surface area contributed by atoms with Crippen LogP contribution in [0.3, 0.4) is 0 Å². The predicted octanol–water partition coefficient (Wildman–Crippen LogP) is 1.84. The molecule has 1 aromatic rings. The molecule has 0 atom stereocenters. The normalized spacial score (nSPS) is 15.5. The van der Waals surface area contributed by atoms with Crippen molar-refractivity contribution in [1.82, 2.24) is 5.32 Å². The van der Waals surface area contributed by atoms with Crippen LogP contribution in [0.5, 0.6) is 0 Å². The van der Waals surface area contributed by atoms with E-state index in [0.717, 1.165) is 43.3 Å². The van der Waals surface area contributed by atoms with Crippen LogP contribution in [0.4, 0.5) is 10.7 Å². The number of carbonyl (C=O) groups is 1. The second-order valence-electron chi connectivity index (χ2n) is 5.30. The highest BCUT2D eigenvalue weighted by molar-refractivity contribution is 7.91. The summed E-state index contributed by atoms with van der Waals surface area (Å²) in [5.41, 5.74) is 5.98. The van der Waals surface area contributed by atoms with Crippen LogP contribution in [0.1, 0.15) is 42.3 Å². The smallest absolute Gasteiger partial charge is 0.263 e. The first-order chi connectivity index (χ1) is 9.84. The molecule has 1 amide bonds. The number of sulfone groups is 1. The Kier molecular flexibility index (Phi) is 4.77. The number of anilines is 2. The largest absolute Gasteiger partial charge is 0.396 e. The molecule has 1 fully saturated rings. The van der Waals surface area contributed by atoms with Crippen molar-refractivity contribution < 1.29 is 13.2 Å². The van der Waals surface area contributed by atoms with Gasteiger partial charge in [-0.15, -0.1) is 11.3 Å². The summed E-state index contributed by atoms with van der Waals surface area (Å²) in [6.07, 6.45) is 5.08. The third kappa shape index (κ3) is 3.49. The van der Waals surface area contributed by atoms with Crippen LogP contribution in [0, 0.1) is 0 Å². The Hall–Kier alpha value is -1.28. The lowest BCUT2D eigenvalue weighted by atomic mass is 9.93. The van der Waals surface area contributed by atoms with E-state index in [9.17, 15) is 13.2 Å². The second kappa shape index (κ2) is 6.23. The molecular formula is C13H21N3O3S2. The Morgan fingerprint density at radius 2 is 2.10 bits per heavy atom. The average molecular weight is 331 g/mol. The fraction of sp³-hybridized carbons (Fsp3) is 0.615. The van der Waals surface area contributed by atoms with Gasteiger partial charge in [-0.1, -0.05) is 6.92 Å². The van der Waals surface area contributed by atoms with Crippen molar-refractivity contribution in [3.05, 3.63) is 4.88 Å². The van der Waals surface area contributed by atoms with Crippen molar-refractivity contribution >= 4 is 37.8 Å². The maximum atomic E-state index is 12.1. The maximum Gasteiger partial charge on any atom is 0.263 e. The molecular weight excluding hydrogens is 310 g/mol. The molecule has 0 saturated heterocycles. The summed E-state index contributed by atoms with van der Waals surface area (Å²) < 4.78 is 23.9. The number of hydrogen-bond donors (Lipinski definition) is 3. The molecule has 1 aromatic heterocycles.